The minimum atomic E-state index is 0.179. The van der Waals surface area contributed by atoms with Crippen molar-refractivity contribution in [1.29, 1.82) is 0 Å². The molecular weight excluding hydrogens is 236 g/mol. The van der Waals surface area contributed by atoms with E-state index in [-0.39, 0.29) is 6.10 Å². The zero-order chi connectivity index (χ0) is 13.2. The van der Waals surface area contributed by atoms with Crippen molar-refractivity contribution >= 4 is 0 Å². The van der Waals surface area contributed by atoms with Crippen molar-refractivity contribution in [1.82, 2.24) is 10.3 Å². The first-order valence-corrected chi connectivity index (χ1v) is 7.11. The number of nitrogens with one attached hydrogen (secondary N) is 1. The normalized spacial score (nSPS) is 28.3. The van der Waals surface area contributed by atoms with Gasteiger partial charge in [-0.2, -0.15) is 0 Å². The minimum absolute atomic E-state index is 0.179. The molecule has 2 saturated heterocycles. The zero-order valence-electron chi connectivity index (χ0n) is 11.5. The van der Waals surface area contributed by atoms with Gasteiger partial charge in [-0.1, -0.05) is 5.92 Å². The van der Waals surface area contributed by atoms with Gasteiger partial charge in [0.2, 0.25) is 0 Å². The molecule has 0 aromatic carbocycles. The number of hydrogen-bond donors (Lipinski definition) is 1. The number of rotatable bonds is 2. The van der Waals surface area contributed by atoms with Gasteiger partial charge < -0.3 is 10.1 Å². The summed E-state index contributed by atoms with van der Waals surface area (Å²) in [4.78, 5) is 4.34. The predicted octanol–water partition coefficient (Wildman–Crippen LogP) is 2.36. The second-order valence-electron chi connectivity index (χ2n) is 5.70. The maximum absolute atomic E-state index is 5.57. The molecule has 3 rings (SSSR count). The van der Waals surface area contributed by atoms with Gasteiger partial charge in [0.05, 0.1) is 12.3 Å². The van der Waals surface area contributed by atoms with Crippen molar-refractivity contribution in [2.45, 2.75) is 51.3 Å². The van der Waals surface area contributed by atoms with Crippen LogP contribution in [-0.2, 0) is 0 Å². The monoisotopic (exact) mass is 256 g/mol. The smallest absolute Gasteiger partial charge is 0.138 e. The molecule has 1 aromatic heterocycles. The summed E-state index contributed by atoms with van der Waals surface area (Å²) in [6.07, 6.45) is 5.73. The number of hydrogen-bond acceptors (Lipinski definition) is 3. The average molecular weight is 256 g/mol. The molecule has 0 aliphatic carbocycles. The molecule has 3 heterocycles. The van der Waals surface area contributed by atoms with E-state index in [4.69, 9.17) is 4.74 Å². The Bertz CT molecular complexity index is 498. The molecule has 3 heteroatoms. The van der Waals surface area contributed by atoms with E-state index in [1.807, 2.05) is 26.0 Å². The minimum Gasteiger partial charge on any atom is -0.489 e. The molecule has 3 nitrogen and oxygen atoms in total. The maximum atomic E-state index is 5.57. The third-order valence-corrected chi connectivity index (χ3v) is 3.79. The summed E-state index contributed by atoms with van der Waals surface area (Å²) in [7, 11) is 0. The van der Waals surface area contributed by atoms with Gasteiger partial charge in [0.1, 0.15) is 11.4 Å². The van der Waals surface area contributed by atoms with E-state index >= 15 is 0 Å². The van der Waals surface area contributed by atoms with Gasteiger partial charge >= 0.3 is 0 Å². The Morgan fingerprint density at radius 1 is 1.37 bits per heavy atom. The predicted molar refractivity (Wildman–Crippen MR) is 74.9 cm³/mol. The van der Waals surface area contributed by atoms with E-state index in [9.17, 15) is 0 Å². The van der Waals surface area contributed by atoms with Crippen LogP contribution in [0.5, 0.6) is 5.75 Å². The van der Waals surface area contributed by atoms with Crippen LogP contribution in [0.25, 0.3) is 0 Å². The maximum Gasteiger partial charge on any atom is 0.138 e. The highest BCUT2D eigenvalue weighted by molar-refractivity contribution is 5.32. The molecule has 3 atom stereocenters. The Morgan fingerprint density at radius 2 is 2.26 bits per heavy atom. The van der Waals surface area contributed by atoms with Crippen molar-refractivity contribution in [2.24, 2.45) is 5.92 Å². The molecule has 1 aromatic rings. The fourth-order valence-electron chi connectivity index (χ4n) is 2.95. The molecule has 0 saturated carbocycles. The Labute approximate surface area is 114 Å². The standard InChI is InChI=1S/C16H20N2O/c1-11(2)19-15-7-5-13(17-10-15)4-3-12-9-14-6-8-16(12)18-14/h5,7,10-12,14,16,18H,6,8-9H2,1-2H3. The van der Waals surface area contributed by atoms with Crippen LogP contribution in [0.4, 0.5) is 0 Å². The van der Waals surface area contributed by atoms with Crippen LogP contribution in [-0.4, -0.2) is 23.2 Å². The molecule has 2 aliphatic heterocycles. The Hall–Kier alpha value is -1.53. The van der Waals surface area contributed by atoms with Gasteiger partial charge in [0.25, 0.3) is 0 Å². The number of ether oxygens (including phenoxy) is 1. The lowest BCUT2D eigenvalue weighted by Crippen LogP contribution is -2.21. The first-order valence-electron chi connectivity index (χ1n) is 7.11. The highest BCUT2D eigenvalue weighted by Gasteiger charge is 2.37. The molecule has 19 heavy (non-hydrogen) atoms. The SMILES string of the molecule is CC(C)Oc1ccc(C#CC2CC3CCC2N3)nc1. The molecule has 2 aliphatic rings. The number of nitrogens with zero attached hydrogens (tertiary/aromatic N) is 1. The van der Waals surface area contributed by atoms with E-state index in [2.05, 4.69) is 22.1 Å². The molecule has 0 amide bonds. The quantitative estimate of drug-likeness (QED) is 0.825. The van der Waals surface area contributed by atoms with E-state index in [0.29, 0.717) is 18.0 Å². The fraction of sp³-hybridized carbons (Fsp3) is 0.562. The van der Waals surface area contributed by atoms with Crippen LogP contribution in [0.1, 0.15) is 38.8 Å². The first kappa shape index (κ1) is 12.5. The summed E-state index contributed by atoms with van der Waals surface area (Å²) in [5.74, 6) is 7.88. The van der Waals surface area contributed by atoms with E-state index < -0.39 is 0 Å². The Kier molecular flexibility index (Phi) is 3.44. The third kappa shape index (κ3) is 2.90. The molecule has 0 spiro atoms. The van der Waals surface area contributed by atoms with Gasteiger partial charge in [-0.05, 0) is 51.2 Å². The topological polar surface area (TPSA) is 34.1 Å². The van der Waals surface area contributed by atoms with Crippen LogP contribution in [0, 0.1) is 17.8 Å². The molecular formula is C16H20N2O. The van der Waals surface area contributed by atoms with E-state index in [1.165, 1.54) is 19.3 Å². The summed E-state index contributed by atoms with van der Waals surface area (Å²) < 4.78 is 5.57. The lowest BCUT2D eigenvalue weighted by molar-refractivity contribution is 0.241. The molecule has 2 fully saturated rings. The van der Waals surface area contributed by atoms with Gasteiger partial charge in [0.15, 0.2) is 0 Å². The van der Waals surface area contributed by atoms with E-state index in [1.54, 1.807) is 6.20 Å². The highest BCUT2D eigenvalue weighted by Crippen LogP contribution is 2.32. The Morgan fingerprint density at radius 3 is 2.84 bits per heavy atom. The highest BCUT2D eigenvalue weighted by atomic mass is 16.5. The zero-order valence-corrected chi connectivity index (χ0v) is 11.5. The molecule has 100 valence electrons. The van der Waals surface area contributed by atoms with Gasteiger partial charge in [-0.25, -0.2) is 4.98 Å². The van der Waals surface area contributed by atoms with Crippen molar-refractivity contribution in [3.63, 3.8) is 0 Å². The summed E-state index contributed by atoms with van der Waals surface area (Å²) in [5, 5.41) is 3.60. The van der Waals surface area contributed by atoms with E-state index in [0.717, 1.165) is 11.4 Å². The largest absolute Gasteiger partial charge is 0.489 e. The van der Waals surface area contributed by atoms with Crippen LogP contribution >= 0.6 is 0 Å². The number of aromatic nitrogens is 1. The summed E-state index contributed by atoms with van der Waals surface area (Å²) in [6, 6.07) is 5.20. The summed E-state index contributed by atoms with van der Waals surface area (Å²) >= 11 is 0. The van der Waals surface area contributed by atoms with Crippen molar-refractivity contribution in [3.05, 3.63) is 24.0 Å². The Balaban J connectivity index is 1.64. The van der Waals surface area contributed by atoms with Crippen molar-refractivity contribution in [3.8, 4) is 17.6 Å². The number of pyridine rings is 1. The lowest BCUT2D eigenvalue weighted by Gasteiger charge is -2.13. The van der Waals surface area contributed by atoms with Crippen LogP contribution in [0.3, 0.4) is 0 Å². The second-order valence-corrected chi connectivity index (χ2v) is 5.70. The van der Waals surface area contributed by atoms with Gasteiger partial charge in [-0.15, -0.1) is 0 Å². The second kappa shape index (κ2) is 5.22. The van der Waals surface area contributed by atoms with Gasteiger partial charge in [-0.3, -0.25) is 0 Å². The summed E-state index contributed by atoms with van der Waals surface area (Å²) in [6.45, 7) is 4.02. The van der Waals surface area contributed by atoms with Crippen LogP contribution in [0.15, 0.2) is 18.3 Å². The first-order chi connectivity index (χ1) is 9.20. The lowest BCUT2D eigenvalue weighted by atomic mass is 9.90. The molecule has 3 unspecified atom stereocenters. The van der Waals surface area contributed by atoms with Crippen LogP contribution in [0.2, 0.25) is 0 Å². The average Bonchev–Trinajstić information content (AvgIpc) is 2.99. The van der Waals surface area contributed by atoms with Crippen molar-refractivity contribution < 1.29 is 4.74 Å². The molecule has 0 radical (unpaired) electrons. The van der Waals surface area contributed by atoms with Crippen LogP contribution < -0.4 is 10.1 Å². The molecule has 1 N–H and O–H groups in total. The van der Waals surface area contributed by atoms with Gasteiger partial charge in [0, 0.05) is 18.0 Å². The summed E-state index contributed by atoms with van der Waals surface area (Å²) in [5.41, 5.74) is 0.832. The van der Waals surface area contributed by atoms with Crippen molar-refractivity contribution in [2.75, 3.05) is 0 Å². The fourth-order valence-corrected chi connectivity index (χ4v) is 2.95. The third-order valence-electron chi connectivity index (χ3n) is 3.79. The number of fused-ring (bicyclic) bond motifs is 2. The molecule has 2 bridgehead atoms.